The summed E-state index contributed by atoms with van der Waals surface area (Å²) < 4.78 is 23.4. The fourth-order valence-corrected chi connectivity index (χ4v) is 4.41. The van der Waals surface area contributed by atoms with Gasteiger partial charge >= 0.3 is 5.63 Å². The van der Waals surface area contributed by atoms with Crippen molar-refractivity contribution in [3.05, 3.63) is 94.3 Å². The molecule has 7 heteroatoms. The zero-order valence-electron chi connectivity index (χ0n) is 20.3. The topological polar surface area (TPSA) is 87.0 Å². The Morgan fingerprint density at radius 1 is 1.00 bits per heavy atom. The number of methoxy groups -OCH3 is 1. The van der Waals surface area contributed by atoms with Gasteiger partial charge < -0.3 is 23.9 Å². The number of benzene rings is 3. The first kappa shape index (κ1) is 23.5. The molecule has 0 unspecified atom stereocenters. The van der Waals surface area contributed by atoms with E-state index in [4.69, 9.17) is 18.6 Å². The highest BCUT2D eigenvalue weighted by molar-refractivity contribution is 5.97. The van der Waals surface area contributed by atoms with Gasteiger partial charge in [-0.3, -0.25) is 4.79 Å². The SMILES string of the molecule is COc1cc([C@H]2c3c(c4ccccc4oc3=O)O[C@H]2C(=O)Nc2ccccc2)ccc1OCC(C)C. The van der Waals surface area contributed by atoms with Gasteiger partial charge in [0, 0.05) is 5.69 Å². The normalized spacial score (nSPS) is 16.4. The number of rotatable bonds is 7. The second-order valence-electron chi connectivity index (χ2n) is 9.12. The van der Waals surface area contributed by atoms with Gasteiger partial charge in [0.15, 0.2) is 17.6 Å². The maximum absolute atomic E-state index is 13.5. The van der Waals surface area contributed by atoms with E-state index >= 15 is 0 Å². The van der Waals surface area contributed by atoms with Crippen LogP contribution in [0.2, 0.25) is 0 Å². The molecule has 36 heavy (non-hydrogen) atoms. The van der Waals surface area contributed by atoms with Crippen molar-refractivity contribution in [2.24, 2.45) is 5.92 Å². The predicted octanol–water partition coefficient (Wildman–Crippen LogP) is 5.37. The van der Waals surface area contributed by atoms with E-state index in [0.717, 1.165) is 0 Å². The zero-order valence-corrected chi connectivity index (χ0v) is 20.3. The highest BCUT2D eigenvalue weighted by Gasteiger charge is 2.44. The second-order valence-corrected chi connectivity index (χ2v) is 9.12. The van der Waals surface area contributed by atoms with Gasteiger partial charge in [0.1, 0.15) is 11.3 Å². The van der Waals surface area contributed by atoms with E-state index < -0.39 is 17.6 Å². The Balaban J connectivity index is 1.61. The molecule has 1 N–H and O–H groups in total. The molecule has 0 aliphatic carbocycles. The van der Waals surface area contributed by atoms with Crippen LogP contribution in [0.5, 0.6) is 17.2 Å². The summed E-state index contributed by atoms with van der Waals surface area (Å²) in [7, 11) is 1.56. The van der Waals surface area contributed by atoms with Crippen molar-refractivity contribution in [3.63, 3.8) is 0 Å². The van der Waals surface area contributed by atoms with Crippen molar-refractivity contribution < 1.29 is 23.4 Å². The Kier molecular flexibility index (Phi) is 6.38. The van der Waals surface area contributed by atoms with E-state index in [0.29, 0.717) is 57.6 Å². The third-order valence-corrected chi connectivity index (χ3v) is 6.08. The summed E-state index contributed by atoms with van der Waals surface area (Å²) in [6.07, 6.45) is -0.999. The summed E-state index contributed by atoms with van der Waals surface area (Å²) in [5, 5.41) is 3.54. The molecule has 4 aromatic rings. The first-order valence-electron chi connectivity index (χ1n) is 11.8. The summed E-state index contributed by atoms with van der Waals surface area (Å²) in [4.78, 5) is 26.7. The number of hydrogen-bond donors (Lipinski definition) is 1. The van der Waals surface area contributed by atoms with Gasteiger partial charge in [-0.05, 0) is 47.9 Å². The number of anilines is 1. The van der Waals surface area contributed by atoms with Gasteiger partial charge in [-0.2, -0.15) is 0 Å². The highest BCUT2D eigenvalue weighted by atomic mass is 16.5. The van der Waals surface area contributed by atoms with E-state index in [1.807, 2.05) is 36.4 Å². The Morgan fingerprint density at radius 3 is 2.50 bits per heavy atom. The third-order valence-electron chi connectivity index (χ3n) is 6.08. The second kappa shape index (κ2) is 9.77. The number of carbonyl (C=O) groups is 1. The number of fused-ring (bicyclic) bond motifs is 3. The van der Waals surface area contributed by atoms with Gasteiger partial charge in [0.25, 0.3) is 5.91 Å². The number of nitrogens with one attached hydrogen (secondary N) is 1. The molecule has 0 fully saturated rings. The standard InChI is InChI=1S/C29H27NO6/c1-17(2)16-34-22-14-13-18(15-23(22)33-3)24-25-26(20-11-7-8-12-21(20)35-29(25)32)36-27(24)28(31)30-19-9-5-4-6-10-19/h4-15,17,24,27H,16H2,1-3H3,(H,30,31)/t24-,27+/m0/s1. The lowest BCUT2D eigenvalue weighted by Crippen LogP contribution is -2.35. The number of carbonyl (C=O) groups excluding carboxylic acids is 1. The quantitative estimate of drug-likeness (QED) is 0.354. The molecule has 1 amide bonds. The predicted molar refractivity (Wildman–Crippen MR) is 137 cm³/mol. The van der Waals surface area contributed by atoms with Gasteiger partial charge in [-0.25, -0.2) is 4.79 Å². The molecule has 2 atom stereocenters. The molecular weight excluding hydrogens is 458 g/mol. The zero-order chi connectivity index (χ0) is 25.2. The molecule has 0 spiro atoms. The highest BCUT2D eigenvalue weighted by Crippen LogP contribution is 2.46. The average Bonchev–Trinajstić information content (AvgIpc) is 3.30. The largest absolute Gasteiger partial charge is 0.493 e. The molecule has 0 bridgehead atoms. The van der Waals surface area contributed by atoms with Crippen LogP contribution in [0.4, 0.5) is 5.69 Å². The Morgan fingerprint density at radius 2 is 1.75 bits per heavy atom. The Bertz CT molecular complexity index is 1460. The molecule has 0 saturated carbocycles. The summed E-state index contributed by atoms with van der Waals surface area (Å²) in [5.41, 5.74) is 1.48. The van der Waals surface area contributed by atoms with Crippen LogP contribution in [-0.2, 0) is 4.79 Å². The van der Waals surface area contributed by atoms with Crippen molar-refractivity contribution in [2.45, 2.75) is 25.9 Å². The van der Waals surface area contributed by atoms with Crippen LogP contribution in [0.1, 0.15) is 30.9 Å². The summed E-state index contributed by atoms with van der Waals surface area (Å²) in [5.74, 6) is 0.717. The van der Waals surface area contributed by atoms with E-state index in [9.17, 15) is 9.59 Å². The molecule has 1 aromatic heterocycles. The Hall–Kier alpha value is -4.26. The molecule has 3 aromatic carbocycles. The Labute approximate surface area is 208 Å². The van der Waals surface area contributed by atoms with Crippen LogP contribution < -0.4 is 25.2 Å². The van der Waals surface area contributed by atoms with E-state index in [1.54, 1.807) is 43.5 Å². The van der Waals surface area contributed by atoms with Crippen molar-refractivity contribution in [1.29, 1.82) is 0 Å². The van der Waals surface area contributed by atoms with E-state index in [2.05, 4.69) is 19.2 Å². The summed E-state index contributed by atoms with van der Waals surface area (Å²) in [6, 6.07) is 21.7. The number of para-hydroxylation sites is 2. The maximum atomic E-state index is 13.5. The minimum Gasteiger partial charge on any atom is -0.493 e. The number of ether oxygens (including phenoxy) is 3. The molecule has 2 heterocycles. The van der Waals surface area contributed by atoms with E-state index in [1.165, 1.54) is 0 Å². The molecule has 0 radical (unpaired) electrons. The summed E-state index contributed by atoms with van der Waals surface area (Å²) >= 11 is 0. The molecule has 184 valence electrons. The molecule has 0 saturated heterocycles. The molecule has 7 nitrogen and oxygen atoms in total. The van der Waals surface area contributed by atoms with Crippen molar-refractivity contribution >= 4 is 22.6 Å². The smallest absolute Gasteiger partial charge is 0.344 e. The summed E-state index contributed by atoms with van der Waals surface area (Å²) in [6.45, 7) is 4.66. The van der Waals surface area contributed by atoms with Crippen molar-refractivity contribution in [2.75, 3.05) is 19.0 Å². The lowest BCUT2D eigenvalue weighted by Gasteiger charge is -2.20. The first-order chi connectivity index (χ1) is 17.5. The monoisotopic (exact) mass is 485 g/mol. The lowest BCUT2D eigenvalue weighted by molar-refractivity contribution is -0.122. The van der Waals surface area contributed by atoms with Crippen molar-refractivity contribution in [3.8, 4) is 17.2 Å². The average molecular weight is 486 g/mol. The van der Waals surface area contributed by atoms with Gasteiger partial charge in [-0.15, -0.1) is 0 Å². The fourth-order valence-electron chi connectivity index (χ4n) is 4.41. The van der Waals surface area contributed by atoms with Gasteiger partial charge in [0.05, 0.1) is 30.6 Å². The molecular formula is C29H27NO6. The lowest BCUT2D eigenvalue weighted by atomic mass is 9.88. The van der Waals surface area contributed by atoms with Crippen LogP contribution in [0.3, 0.4) is 0 Å². The van der Waals surface area contributed by atoms with Gasteiger partial charge in [-0.1, -0.05) is 50.2 Å². The number of hydrogen-bond acceptors (Lipinski definition) is 6. The maximum Gasteiger partial charge on any atom is 0.344 e. The fraction of sp³-hybridized carbons (Fsp3) is 0.241. The molecule has 1 aliphatic heterocycles. The van der Waals surface area contributed by atoms with Crippen LogP contribution in [-0.4, -0.2) is 25.7 Å². The van der Waals surface area contributed by atoms with Crippen LogP contribution in [0, 0.1) is 5.92 Å². The van der Waals surface area contributed by atoms with E-state index in [-0.39, 0.29) is 5.91 Å². The van der Waals surface area contributed by atoms with Crippen molar-refractivity contribution in [1.82, 2.24) is 0 Å². The minimum absolute atomic E-state index is 0.305. The van der Waals surface area contributed by atoms with Crippen LogP contribution in [0.15, 0.2) is 82.0 Å². The first-order valence-corrected chi connectivity index (χ1v) is 11.8. The third kappa shape index (κ3) is 4.40. The minimum atomic E-state index is -0.999. The number of amides is 1. The molecule has 5 rings (SSSR count). The van der Waals surface area contributed by atoms with Crippen LogP contribution in [0.25, 0.3) is 11.0 Å². The molecule has 1 aliphatic rings. The van der Waals surface area contributed by atoms with Gasteiger partial charge in [0.2, 0.25) is 0 Å². The van der Waals surface area contributed by atoms with Crippen LogP contribution >= 0.6 is 0 Å².